The van der Waals surface area contributed by atoms with Crippen molar-refractivity contribution in [3.63, 3.8) is 0 Å². The third kappa shape index (κ3) is 4.94. The fourth-order valence-electron chi connectivity index (χ4n) is 3.45. The van der Waals surface area contributed by atoms with Crippen LogP contribution in [0.4, 0.5) is 18.9 Å². The van der Waals surface area contributed by atoms with E-state index >= 15 is 0 Å². The number of carbonyl (C=O) groups is 2. The summed E-state index contributed by atoms with van der Waals surface area (Å²) in [6.45, 7) is -0.219. The molecule has 176 valence electrons. The van der Waals surface area contributed by atoms with Gasteiger partial charge >= 0.3 is 6.18 Å². The van der Waals surface area contributed by atoms with E-state index in [1.807, 2.05) is 0 Å². The smallest absolute Gasteiger partial charge is 0.346 e. The van der Waals surface area contributed by atoms with Crippen molar-refractivity contribution in [2.24, 2.45) is 14.1 Å². The number of halogens is 4. The van der Waals surface area contributed by atoms with E-state index in [-0.39, 0.29) is 28.3 Å². The molecule has 3 aromatic heterocycles. The van der Waals surface area contributed by atoms with E-state index in [1.165, 1.54) is 10.9 Å². The minimum atomic E-state index is -4.65. The first-order valence-electron chi connectivity index (χ1n) is 9.95. The van der Waals surface area contributed by atoms with Crippen molar-refractivity contribution < 1.29 is 22.8 Å². The lowest BCUT2D eigenvalue weighted by Gasteiger charge is -2.10. The van der Waals surface area contributed by atoms with E-state index in [0.717, 1.165) is 23.1 Å². The number of nitrogens with one attached hydrogen (secondary N) is 2. The molecule has 2 N–H and O–H groups in total. The first-order chi connectivity index (χ1) is 15.5. The average molecular weight is 529 g/mol. The van der Waals surface area contributed by atoms with Gasteiger partial charge in [0.25, 0.3) is 5.91 Å². The molecule has 1 fully saturated rings. The van der Waals surface area contributed by atoms with Gasteiger partial charge in [-0.3, -0.25) is 23.6 Å². The van der Waals surface area contributed by atoms with Gasteiger partial charge in [0.2, 0.25) is 5.91 Å². The molecule has 4 rings (SSSR count). The Bertz CT molecular complexity index is 1210. The van der Waals surface area contributed by atoms with Crippen molar-refractivity contribution in [1.82, 2.24) is 34.7 Å². The highest BCUT2D eigenvalue weighted by atomic mass is 79.9. The molecule has 0 radical (unpaired) electrons. The van der Waals surface area contributed by atoms with Crippen LogP contribution in [0, 0.1) is 0 Å². The molecule has 0 unspecified atom stereocenters. The first kappa shape index (κ1) is 23.0. The van der Waals surface area contributed by atoms with Crippen molar-refractivity contribution in [3.05, 3.63) is 45.7 Å². The van der Waals surface area contributed by atoms with Crippen LogP contribution in [0.3, 0.4) is 0 Å². The van der Waals surface area contributed by atoms with Crippen LogP contribution in [-0.4, -0.2) is 41.2 Å². The van der Waals surface area contributed by atoms with Gasteiger partial charge in [-0.25, -0.2) is 0 Å². The van der Waals surface area contributed by atoms with Crippen molar-refractivity contribution in [3.8, 4) is 0 Å². The fraction of sp³-hybridized carbons (Fsp3) is 0.421. The summed E-state index contributed by atoms with van der Waals surface area (Å²) in [5.74, 6) is -1.19. The lowest BCUT2D eigenvalue weighted by Crippen LogP contribution is -2.27. The average Bonchev–Trinajstić information content (AvgIpc) is 3.23. The van der Waals surface area contributed by atoms with Gasteiger partial charge in [0.1, 0.15) is 12.2 Å². The van der Waals surface area contributed by atoms with E-state index in [1.54, 1.807) is 31.2 Å². The number of alkyl halides is 3. The molecule has 0 bridgehead atoms. The second-order valence-corrected chi connectivity index (χ2v) is 8.55. The zero-order valence-electron chi connectivity index (χ0n) is 17.6. The maximum atomic E-state index is 13.3. The van der Waals surface area contributed by atoms with Gasteiger partial charge in [-0.2, -0.15) is 28.5 Å². The number of anilines is 1. The van der Waals surface area contributed by atoms with Gasteiger partial charge in [-0.1, -0.05) is 0 Å². The summed E-state index contributed by atoms with van der Waals surface area (Å²) in [4.78, 5) is 25.3. The van der Waals surface area contributed by atoms with Gasteiger partial charge in [-0.15, -0.1) is 0 Å². The predicted octanol–water partition coefficient (Wildman–Crippen LogP) is 2.58. The second-order valence-electron chi connectivity index (χ2n) is 7.76. The molecule has 3 aromatic rings. The number of hydrogen-bond acceptors (Lipinski definition) is 5. The van der Waals surface area contributed by atoms with Gasteiger partial charge in [0.15, 0.2) is 5.69 Å². The Morgan fingerprint density at radius 2 is 1.94 bits per heavy atom. The number of rotatable bonds is 7. The van der Waals surface area contributed by atoms with Crippen molar-refractivity contribution >= 4 is 33.4 Å². The molecule has 33 heavy (non-hydrogen) atoms. The van der Waals surface area contributed by atoms with Crippen molar-refractivity contribution in [2.75, 3.05) is 5.32 Å². The molecule has 2 amide bonds. The Morgan fingerprint density at radius 3 is 2.55 bits per heavy atom. The van der Waals surface area contributed by atoms with Crippen LogP contribution in [0.2, 0.25) is 0 Å². The van der Waals surface area contributed by atoms with E-state index in [0.29, 0.717) is 5.69 Å². The summed E-state index contributed by atoms with van der Waals surface area (Å²) < 4.78 is 43.7. The number of nitrogens with zero attached hydrogens (tertiary/aromatic N) is 6. The maximum Gasteiger partial charge on any atom is 0.436 e. The standard InChI is InChI=1S/C19H20BrF3N8O2/c1-29-8-10(6-25-29)5-24-18(33)16-12(7-26-30(16)2)27-13(32)9-31-15(11-3-4-11)14(20)17(28-31)19(21,22)23/h6-8,11H,3-5,9H2,1-2H3,(H,24,33)(H,27,32). The Balaban J connectivity index is 1.48. The summed E-state index contributed by atoms with van der Waals surface area (Å²) in [6, 6.07) is 0. The van der Waals surface area contributed by atoms with E-state index in [2.05, 4.69) is 41.9 Å². The molecule has 0 spiro atoms. The summed E-state index contributed by atoms with van der Waals surface area (Å²) in [7, 11) is 3.30. The summed E-state index contributed by atoms with van der Waals surface area (Å²) in [5, 5.41) is 16.9. The van der Waals surface area contributed by atoms with Crippen LogP contribution in [0.5, 0.6) is 0 Å². The molecule has 10 nitrogen and oxygen atoms in total. The highest BCUT2D eigenvalue weighted by Gasteiger charge is 2.42. The van der Waals surface area contributed by atoms with Gasteiger partial charge in [0, 0.05) is 38.3 Å². The zero-order chi connectivity index (χ0) is 23.9. The molecule has 0 aliphatic heterocycles. The van der Waals surface area contributed by atoms with E-state index < -0.39 is 30.2 Å². The number of hydrogen-bond donors (Lipinski definition) is 2. The minimum absolute atomic E-state index is 0.0806. The van der Waals surface area contributed by atoms with Crippen molar-refractivity contribution in [2.45, 2.75) is 38.0 Å². The third-order valence-electron chi connectivity index (χ3n) is 5.10. The first-order valence-corrected chi connectivity index (χ1v) is 10.7. The third-order valence-corrected chi connectivity index (χ3v) is 5.88. The molecule has 0 aromatic carbocycles. The maximum absolute atomic E-state index is 13.3. The monoisotopic (exact) mass is 528 g/mol. The van der Waals surface area contributed by atoms with E-state index in [9.17, 15) is 22.8 Å². The quantitative estimate of drug-likeness (QED) is 0.489. The second kappa shape index (κ2) is 8.65. The Hall–Kier alpha value is -3.16. The number of carbonyl (C=O) groups excluding carboxylic acids is 2. The molecule has 1 saturated carbocycles. The van der Waals surface area contributed by atoms with Crippen molar-refractivity contribution in [1.29, 1.82) is 0 Å². The zero-order valence-corrected chi connectivity index (χ0v) is 19.2. The molecule has 1 aliphatic rings. The van der Waals surface area contributed by atoms with Gasteiger partial charge in [0.05, 0.1) is 28.2 Å². The molecule has 0 saturated heterocycles. The molecule has 3 heterocycles. The number of aryl methyl sites for hydroxylation is 2. The van der Waals surface area contributed by atoms with E-state index in [4.69, 9.17) is 0 Å². The summed E-state index contributed by atoms with van der Waals surface area (Å²) in [6.07, 6.45) is 1.48. The van der Waals surface area contributed by atoms with Gasteiger partial charge < -0.3 is 10.6 Å². The highest BCUT2D eigenvalue weighted by molar-refractivity contribution is 9.10. The lowest BCUT2D eigenvalue weighted by atomic mass is 10.2. The molecule has 1 aliphatic carbocycles. The number of aromatic nitrogens is 6. The Labute approximate surface area is 194 Å². The normalized spacial score (nSPS) is 13.9. The predicted molar refractivity (Wildman–Crippen MR) is 113 cm³/mol. The largest absolute Gasteiger partial charge is 0.436 e. The van der Waals surface area contributed by atoms with Crippen LogP contribution < -0.4 is 10.6 Å². The van der Waals surface area contributed by atoms with Crippen LogP contribution >= 0.6 is 15.9 Å². The number of amides is 2. The molecular weight excluding hydrogens is 509 g/mol. The SMILES string of the molecule is Cn1cc(CNC(=O)c2c(NC(=O)Cn3nc(C(F)(F)F)c(Br)c3C3CC3)cnn2C)cn1. The van der Waals surface area contributed by atoms with Crippen LogP contribution in [0.1, 0.15) is 46.2 Å². The van der Waals surface area contributed by atoms with Crippen LogP contribution in [0.15, 0.2) is 23.1 Å². The summed E-state index contributed by atoms with van der Waals surface area (Å²) in [5.41, 5.74) is 0.316. The molecule has 14 heteroatoms. The molecular formula is C19H20BrF3N8O2. The topological polar surface area (TPSA) is 112 Å². The Kier molecular flexibility index (Phi) is 6.03. The molecule has 0 atom stereocenters. The minimum Gasteiger partial charge on any atom is -0.346 e. The van der Waals surface area contributed by atoms with Crippen LogP contribution in [0.25, 0.3) is 0 Å². The van der Waals surface area contributed by atoms with Gasteiger partial charge in [-0.05, 0) is 28.8 Å². The summed E-state index contributed by atoms with van der Waals surface area (Å²) >= 11 is 3.00. The highest BCUT2D eigenvalue weighted by Crippen LogP contribution is 2.46. The fourth-order valence-corrected chi connectivity index (χ4v) is 4.29. The Morgan fingerprint density at radius 1 is 1.21 bits per heavy atom. The lowest BCUT2D eigenvalue weighted by molar-refractivity contribution is -0.142. The van der Waals surface area contributed by atoms with Crippen LogP contribution in [-0.2, 0) is 38.2 Å².